The van der Waals surface area contributed by atoms with Crippen LogP contribution in [0.25, 0.3) is 0 Å². The maximum Gasteiger partial charge on any atom is 0.416 e. The number of hydrogen-bond acceptors (Lipinski definition) is 4. The van der Waals surface area contributed by atoms with Crippen molar-refractivity contribution in [1.29, 1.82) is 0 Å². The van der Waals surface area contributed by atoms with Gasteiger partial charge in [-0.05, 0) is 24.3 Å². The van der Waals surface area contributed by atoms with Gasteiger partial charge >= 0.3 is 6.18 Å². The number of halogens is 4. The molecule has 0 radical (unpaired) electrons. The number of hydrogen-bond donors (Lipinski definition) is 1. The van der Waals surface area contributed by atoms with Crippen molar-refractivity contribution in [1.82, 2.24) is 4.90 Å². The van der Waals surface area contributed by atoms with Gasteiger partial charge in [0, 0.05) is 19.0 Å². The number of nitrogens with zero attached hydrogens (tertiary/aromatic N) is 3. The van der Waals surface area contributed by atoms with Crippen molar-refractivity contribution in [3.63, 3.8) is 0 Å². The number of alkyl halides is 3. The number of aromatic hydroxyl groups is 1. The third-order valence-electron chi connectivity index (χ3n) is 3.51. The summed E-state index contributed by atoms with van der Waals surface area (Å²) in [5.74, 6) is -0.921. The van der Waals surface area contributed by atoms with E-state index in [9.17, 15) is 22.7 Å². The molecule has 4 nitrogen and oxygen atoms in total. The van der Waals surface area contributed by atoms with Gasteiger partial charge in [-0.25, -0.2) is 4.39 Å². The highest BCUT2D eigenvalue weighted by molar-refractivity contribution is 6.17. The van der Waals surface area contributed by atoms with E-state index in [1.165, 1.54) is 4.90 Å². The maximum absolute atomic E-state index is 14.2. The second-order valence-corrected chi connectivity index (χ2v) is 5.01. The lowest BCUT2D eigenvalue weighted by atomic mass is 10.0. The molecular weight excluding hydrogens is 326 g/mol. The molecule has 0 atom stereocenters. The molecule has 1 N–H and O–H groups in total. The number of phenols is 1. The van der Waals surface area contributed by atoms with Crippen molar-refractivity contribution in [2.75, 3.05) is 7.05 Å². The van der Waals surface area contributed by atoms with Gasteiger partial charge in [0.25, 0.3) is 0 Å². The van der Waals surface area contributed by atoms with Crippen molar-refractivity contribution >= 4 is 11.5 Å². The Balaban J connectivity index is 2.63. The lowest BCUT2D eigenvalue weighted by molar-refractivity contribution is -0.137. The van der Waals surface area contributed by atoms with Gasteiger partial charge in [-0.2, -0.15) is 13.2 Å². The highest BCUT2D eigenvalue weighted by atomic mass is 19.4. The van der Waals surface area contributed by atoms with E-state index >= 15 is 0 Å². The lowest BCUT2D eigenvalue weighted by Crippen LogP contribution is -2.33. The minimum Gasteiger partial charge on any atom is -0.507 e. The molecule has 0 fully saturated rings. The van der Waals surface area contributed by atoms with Crippen molar-refractivity contribution < 1.29 is 22.7 Å². The zero-order valence-electron chi connectivity index (χ0n) is 13.0. The molecule has 1 aromatic rings. The summed E-state index contributed by atoms with van der Waals surface area (Å²) in [5.41, 5.74) is -1.16. The first-order valence-electron chi connectivity index (χ1n) is 7.02. The summed E-state index contributed by atoms with van der Waals surface area (Å²) in [7, 11) is 1.55. The number of rotatable bonds is 3. The Morgan fingerprint density at radius 1 is 1.33 bits per heavy atom. The summed E-state index contributed by atoms with van der Waals surface area (Å²) in [4.78, 5) is 1.43. The Labute approximate surface area is 136 Å². The average molecular weight is 341 g/mol. The van der Waals surface area contributed by atoms with Crippen LogP contribution < -0.4 is 0 Å². The second-order valence-electron chi connectivity index (χ2n) is 5.01. The molecule has 0 amide bonds. The molecule has 1 aliphatic heterocycles. The fraction of sp³-hybridized carbons (Fsp3) is 0.250. The van der Waals surface area contributed by atoms with Crippen molar-refractivity contribution in [3.8, 4) is 5.75 Å². The summed E-state index contributed by atoms with van der Waals surface area (Å²) in [6.45, 7) is 5.15. The van der Waals surface area contributed by atoms with Gasteiger partial charge in [0.1, 0.15) is 28.8 Å². The van der Waals surface area contributed by atoms with E-state index in [0.717, 1.165) is 18.2 Å². The second kappa shape index (κ2) is 6.46. The minimum atomic E-state index is -4.60. The third-order valence-corrected chi connectivity index (χ3v) is 3.51. The fourth-order valence-electron chi connectivity index (χ4n) is 2.28. The van der Waals surface area contributed by atoms with Crippen LogP contribution in [-0.2, 0) is 6.18 Å². The topological polar surface area (TPSA) is 48.2 Å². The molecule has 1 heterocycles. The van der Waals surface area contributed by atoms with Gasteiger partial charge in [0.15, 0.2) is 0 Å². The largest absolute Gasteiger partial charge is 0.507 e. The molecule has 24 heavy (non-hydrogen) atoms. The predicted molar refractivity (Wildman–Crippen MR) is 83.5 cm³/mol. The van der Waals surface area contributed by atoms with Crippen LogP contribution in [0.4, 0.5) is 17.6 Å². The molecule has 1 aliphatic rings. The Morgan fingerprint density at radius 2 is 2.00 bits per heavy atom. The fourth-order valence-corrected chi connectivity index (χ4v) is 2.28. The molecule has 0 saturated heterocycles. The number of allylic oxidation sites excluding steroid dienone is 3. The SMILES string of the molecule is C=C/C(F)=C1/C(c2ccc(C(F)(F)F)cc2O)=NN=C(CC)N1C. The van der Waals surface area contributed by atoms with E-state index in [1.807, 2.05) is 0 Å². The Bertz CT molecular complexity index is 763. The van der Waals surface area contributed by atoms with Crippen molar-refractivity contribution in [3.05, 3.63) is 53.5 Å². The average Bonchev–Trinajstić information content (AvgIpc) is 2.53. The quantitative estimate of drug-likeness (QED) is 0.836. The van der Waals surface area contributed by atoms with E-state index in [4.69, 9.17) is 0 Å². The van der Waals surface area contributed by atoms with Gasteiger partial charge < -0.3 is 10.0 Å². The first-order chi connectivity index (χ1) is 11.2. The van der Waals surface area contributed by atoms with Crippen LogP contribution in [0.15, 0.2) is 52.6 Å². The Hall–Kier alpha value is -2.64. The molecule has 8 heteroatoms. The van der Waals surface area contributed by atoms with E-state index in [1.54, 1.807) is 14.0 Å². The molecule has 0 unspecified atom stereocenters. The highest BCUT2D eigenvalue weighted by Gasteiger charge is 2.33. The van der Waals surface area contributed by atoms with Gasteiger partial charge in [0.05, 0.1) is 5.56 Å². The van der Waals surface area contributed by atoms with Crippen LogP contribution in [-0.4, -0.2) is 28.6 Å². The summed E-state index contributed by atoms with van der Waals surface area (Å²) in [5, 5.41) is 17.8. The first kappa shape index (κ1) is 17.7. The van der Waals surface area contributed by atoms with Crippen LogP contribution in [0.2, 0.25) is 0 Å². The summed E-state index contributed by atoms with van der Waals surface area (Å²) in [6.07, 6.45) is -3.17. The minimum absolute atomic E-state index is 0.0214. The predicted octanol–water partition coefficient (Wildman–Crippen LogP) is 4.24. The van der Waals surface area contributed by atoms with E-state index in [-0.39, 0.29) is 17.0 Å². The summed E-state index contributed by atoms with van der Waals surface area (Å²) in [6, 6.07) is 2.40. The van der Waals surface area contributed by atoms with Crippen LogP contribution >= 0.6 is 0 Å². The highest BCUT2D eigenvalue weighted by Crippen LogP contribution is 2.34. The molecule has 1 aromatic carbocycles. The number of phenolic OH excluding ortho intramolecular Hbond substituents is 1. The van der Waals surface area contributed by atoms with Crippen molar-refractivity contribution in [2.24, 2.45) is 10.2 Å². The van der Waals surface area contributed by atoms with Crippen LogP contribution in [0, 0.1) is 0 Å². The molecule has 0 aliphatic carbocycles. The lowest BCUT2D eigenvalue weighted by Gasteiger charge is -2.27. The van der Waals surface area contributed by atoms with Crippen molar-refractivity contribution in [2.45, 2.75) is 19.5 Å². The summed E-state index contributed by atoms with van der Waals surface area (Å²) < 4.78 is 52.4. The van der Waals surface area contributed by atoms with Crippen LogP contribution in [0.5, 0.6) is 5.75 Å². The third kappa shape index (κ3) is 3.17. The van der Waals surface area contributed by atoms with E-state index < -0.39 is 23.3 Å². The normalized spacial score (nSPS) is 17.3. The standard InChI is InChI=1S/C16H15F4N3O/c1-4-11(17)15-14(22-21-13(5-2)23(15)3)10-7-6-9(8-12(10)24)16(18,19)20/h4,6-8,24H,1,5H2,2-3H3/b15-11+. The van der Waals surface area contributed by atoms with Gasteiger partial charge in [-0.1, -0.05) is 13.5 Å². The van der Waals surface area contributed by atoms with Crippen LogP contribution in [0.3, 0.4) is 0 Å². The monoisotopic (exact) mass is 341 g/mol. The smallest absolute Gasteiger partial charge is 0.416 e. The van der Waals surface area contributed by atoms with Gasteiger partial charge in [-0.3, -0.25) is 0 Å². The first-order valence-corrected chi connectivity index (χ1v) is 7.02. The molecule has 0 aromatic heterocycles. The maximum atomic E-state index is 14.2. The summed E-state index contributed by atoms with van der Waals surface area (Å²) >= 11 is 0. The van der Waals surface area contributed by atoms with Gasteiger partial charge in [-0.15, -0.1) is 10.2 Å². The zero-order valence-corrected chi connectivity index (χ0v) is 13.0. The number of benzene rings is 1. The zero-order chi connectivity index (χ0) is 18.1. The Kier molecular flexibility index (Phi) is 4.77. The van der Waals surface area contributed by atoms with E-state index in [2.05, 4.69) is 16.8 Å². The Morgan fingerprint density at radius 3 is 2.50 bits per heavy atom. The number of likely N-dealkylation sites (N-methyl/N-ethyl adjacent to an activating group) is 1. The number of amidine groups is 1. The molecule has 2 rings (SSSR count). The van der Waals surface area contributed by atoms with E-state index in [0.29, 0.717) is 18.3 Å². The molecule has 0 saturated carbocycles. The van der Waals surface area contributed by atoms with Gasteiger partial charge in [0.2, 0.25) is 0 Å². The van der Waals surface area contributed by atoms with Crippen LogP contribution in [0.1, 0.15) is 24.5 Å². The molecular formula is C16H15F4N3O. The molecule has 128 valence electrons. The molecule has 0 bridgehead atoms. The molecule has 0 spiro atoms.